The SMILES string of the molecule is Cc1cc(C)nc(SCC(=O)Nc2ccc(Oc3cccc(F)c3)cc2)n1. The Labute approximate surface area is 161 Å². The van der Waals surface area contributed by atoms with Crippen molar-refractivity contribution in [2.75, 3.05) is 11.1 Å². The highest BCUT2D eigenvalue weighted by molar-refractivity contribution is 7.99. The van der Waals surface area contributed by atoms with Crippen molar-refractivity contribution in [3.05, 3.63) is 71.8 Å². The van der Waals surface area contributed by atoms with Crippen LogP contribution in [0.25, 0.3) is 0 Å². The van der Waals surface area contributed by atoms with Gasteiger partial charge in [0.05, 0.1) is 5.75 Å². The molecule has 0 saturated carbocycles. The first kappa shape index (κ1) is 18.8. The van der Waals surface area contributed by atoms with E-state index in [1.807, 2.05) is 19.9 Å². The van der Waals surface area contributed by atoms with Gasteiger partial charge in [0.1, 0.15) is 17.3 Å². The van der Waals surface area contributed by atoms with Crippen molar-refractivity contribution in [2.24, 2.45) is 0 Å². The third-order valence-electron chi connectivity index (χ3n) is 3.46. The average molecular weight is 383 g/mol. The highest BCUT2D eigenvalue weighted by Gasteiger charge is 2.07. The lowest BCUT2D eigenvalue weighted by Crippen LogP contribution is -2.14. The van der Waals surface area contributed by atoms with Crippen LogP contribution in [0, 0.1) is 19.7 Å². The first-order chi connectivity index (χ1) is 13.0. The van der Waals surface area contributed by atoms with E-state index in [0.717, 1.165) is 11.4 Å². The number of amides is 1. The number of aromatic nitrogens is 2. The quantitative estimate of drug-likeness (QED) is 0.491. The van der Waals surface area contributed by atoms with E-state index in [1.54, 1.807) is 36.4 Å². The molecule has 0 spiro atoms. The number of anilines is 1. The first-order valence-corrected chi connectivity index (χ1v) is 9.25. The monoisotopic (exact) mass is 383 g/mol. The molecule has 5 nitrogen and oxygen atoms in total. The van der Waals surface area contributed by atoms with Crippen LogP contribution >= 0.6 is 11.8 Å². The summed E-state index contributed by atoms with van der Waals surface area (Å²) in [4.78, 5) is 20.7. The molecule has 1 N–H and O–H groups in total. The minimum Gasteiger partial charge on any atom is -0.457 e. The largest absolute Gasteiger partial charge is 0.457 e. The maximum atomic E-state index is 13.2. The molecular weight excluding hydrogens is 365 g/mol. The molecular formula is C20H18FN3O2S. The highest BCUT2D eigenvalue weighted by Crippen LogP contribution is 2.23. The maximum Gasteiger partial charge on any atom is 0.234 e. The molecule has 0 saturated heterocycles. The van der Waals surface area contributed by atoms with Gasteiger partial charge in [-0.3, -0.25) is 4.79 Å². The Balaban J connectivity index is 1.53. The number of hydrogen-bond acceptors (Lipinski definition) is 5. The third-order valence-corrected chi connectivity index (χ3v) is 4.31. The topological polar surface area (TPSA) is 64.1 Å². The number of halogens is 1. The number of benzene rings is 2. The number of aryl methyl sites for hydroxylation is 2. The summed E-state index contributed by atoms with van der Waals surface area (Å²) in [7, 11) is 0. The Hall–Kier alpha value is -2.93. The van der Waals surface area contributed by atoms with Gasteiger partial charge < -0.3 is 10.1 Å². The predicted octanol–water partition coefficient (Wildman–Crippen LogP) is 4.76. The molecule has 1 amide bonds. The molecule has 0 atom stereocenters. The van der Waals surface area contributed by atoms with E-state index in [1.165, 1.54) is 23.9 Å². The molecule has 0 aliphatic heterocycles. The molecule has 138 valence electrons. The van der Waals surface area contributed by atoms with E-state index >= 15 is 0 Å². The molecule has 1 aromatic heterocycles. The van der Waals surface area contributed by atoms with Gasteiger partial charge in [-0.05, 0) is 56.3 Å². The Bertz CT molecular complexity index is 928. The third kappa shape index (κ3) is 5.79. The van der Waals surface area contributed by atoms with Gasteiger partial charge >= 0.3 is 0 Å². The average Bonchev–Trinajstić information content (AvgIpc) is 2.61. The van der Waals surface area contributed by atoms with Crippen molar-refractivity contribution < 1.29 is 13.9 Å². The van der Waals surface area contributed by atoms with Crippen LogP contribution in [0.5, 0.6) is 11.5 Å². The highest BCUT2D eigenvalue weighted by atomic mass is 32.2. The van der Waals surface area contributed by atoms with Gasteiger partial charge in [0.15, 0.2) is 5.16 Å². The Morgan fingerprint density at radius 3 is 2.41 bits per heavy atom. The van der Waals surface area contributed by atoms with Crippen molar-refractivity contribution in [2.45, 2.75) is 19.0 Å². The summed E-state index contributed by atoms with van der Waals surface area (Å²) in [5.41, 5.74) is 2.40. The van der Waals surface area contributed by atoms with E-state index in [0.29, 0.717) is 22.3 Å². The lowest BCUT2D eigenvalue weighted by Gasteiger charge is -2.08. The summed E-state index contributed by atoms with van der Waals surface area (Å²) in [6, 6.07) is 14.7. The standard InChI is InChI=1S/C20H18FN3O2S/c1-13-10-14(2)23-20(22-13)27-12-19(25)24-16-6-8-17(9-7-16)26-18-5-3-4-15(21)11-18/h3-11H,12H2,1-2H3,(H,24,25). The first-order valence-electron chi connectivity index (χ1n) is 8.26. The van der Waals surface area contributed by atoms with E-state index < -0.39 is 0 Å². The van der Waals surface area contributed by atoms with E-state index in [4.69, 9.17) is 4.74 Å². The van der Waals surface area contributed by atoms with Crippen molar-refractivity contribution >= 4 is 23.4 Å². The van der Waals surface area contributed by atoms with Gasteiger partial charge in [-0.1, -0.05) is 17.8 Å². The van der Waals surface area contributed by atoms with Crippen molar-refractivity contribution in [3.8, 4) is 11.5 Å². The number of carbonyl (C=O) groups is 1. The molecule has 0 aliphatic rings. The number of ether oxygens (including phenoxy) is 1. The zero-order chi connectivity index (χ0) is 19.2. The van der Waals surface area contributed by atoms with Gasteiger partial charge in [0.25, 0.3) is 0 Å². The van der Waals surface area contributed by atoms with Gasteiger partial charge in [0, 0.05) is 23.1 Å². The van der Waals surface area contributed by atoms with Crippen LogP contribution in [0.3, 0.4) is 0 Å². The molecule has 3 aromatic rings. The molecule has 1 heterocycles. The maximum absolute atomic E-state index is 13.2. The fraction of sp³-hybridized carbons (Fsp3) is 0.150. The number of rotatable bonds is 6. The smallest absolute Gasteiger partial charge is 0.234 e. The fourth-order valence-corrected chi connectivity index (χ4v) is 3.11. The van der Waals surface area contributed by atoms with Crippen LogP contribution in [0.15, 0.2) is 59.8 Å². The number of thioether (sulfide) groups is 1. The zero-order valence-electron chi connectivity index (χ0n) is 14.9. The van der Waals surface area contributed by atoms with E-state index in [2.05, 4.69) is 15.3 Å². The molecule has 0 aliphatic carbocycles. The number of nitrogens with one attached hydrogen (secondary N) is 1. The summed E-state index contributed by atoms with van der Waals surface area (Å²) in [5.74, 6) is 0.668. The van der Waals surface area contributed by atoms with Gasteiger partial charge in [0.2, 0.25) is 5.91 Å². The molecule has 2 aromatic carbocycles. The summed E-state index contributed by atoms with van der Waals surface area (Å²) >= 11 is 1.29. The van der Waals surface area contributed by atoms with E-state index in [-0.39, 0.29) is 17.5 Å². The Morgan fingerprint density at radius 1 is 1.04 bits per heavy atom. The van der Waals surface area contributed by atoms with Gasteiger partial charge in [-0.2, -0.15) is 0 Å². The number of hydrogen-bond donors (Lipinski definition) is 1. The second-order valence-corrected chi connectivity index (χ2v) is 6.80. The van der Waals surface area contributed by atoms with E-state index in [9.17, 15) is 9.18 Å². The number of carbonyl (C=O) groups excluding carboxylic acids is 1. The fourth-order valence-electron chi connectivity index (χ4n) is 2.36. The Kier molecular flexibility index (Phi) is 6.03. The Morgan fingerprint density at radius 2 is 1.74 bits per heavy atom. The summed E-state index contributed by atoms with van der Waals surface area (Å²) in [5, 5.41) is 3.40. The van der Waals surface area contributed by atoms with Gasteiger partial charge in [-0.25, -0.2) is 14.4 Å². The molecule has 7 heteroatoms. The zero-order valence-corrected chi connectivity index (χ0v) is 15.7. The van der Waals surface area contributed by atoms with Crippen LogP contribution in [0.4, 0.5) is 10.1 Å². The molecule has 0 unspecified atom stereocenters. The van der Waals surface area contributed by atoms with Crippen molar-refractivity contribution in [1.82, 2.24) is 9.97 Å². The summed E-state index contributed by atoms with van der Waals surface area (Å²) in [6.07, 6.45) is 0. The van der Waals surface area contributed by atoms with Crippen molar-refractivity contribution in [1.29, 1.82) is 0 Å². The second kappa shape index (κ2) is 8.64. The van der Waals surface area contributed by atoms with Crippen LogP contribution in [-0.4, -0.2) is 21.6 Å². The summed E-state index contributed by atoms with van der Waals surface area (Å²) < 4.78 is 18.8. The number of nitrogens with zero attached hydrogens (tertiary/aromatic N) is 2. The lowest BCUT2D eigenvalue weighted by molar-refractivity contribution is -0.113. The van der Waals surface area contributed by atoms with Crippen LogP contribution in [0.1, 0.15) is 11.4 Å². The molecule has 0 bridgehead atoms. The normalized spacial score (nSPS) is 10.5. The molecule has 27 heavy (non-hydrogen) atoms. The molecule has 0 radical (unpaired) electrons. The predicted molar refractivity (Wildman–Crippen MR) is 104 cm³/mol. The molecule has 0 fully saturated rings. The minimum atomic E-state index is -0.360. The lowest BCUT2D eigenvalue weighted by atomic mass is 10.3. The molecule has 3 rings (SSSR count). The van der Waals surface area contributed by atoms with Crippen molar-refractivity contribution in [3.63, 3.8) is 0 Å². The van der Waals surface area contributed by atoms with Crippen LogP contribution in [-0.2, 0) is 4.79 Å². The minimum absolute atomic E-state index is 0.151. The van der Waals surface area contributed by atoms with Crippen LogP contribution in [0.2, 0.25) is 0 Å². The second-order valence-electron chi connectivity index (χ2n) is 5.85. The van der Waals surface area contributed by atoms with Crippen LogP contribution < -0.4 is 10.1 Å². The van der Waals surface area contributed by atoms with Gasteiger partial charge in [-0.15, -0.1) is 0 Å². The summed E-state index contributed by atoms with van der Waals surface area (Å²) in [6.45, 7) is 3.79.